The Morgan fingerprint density at radius 2 is 1.70 bits per heavy atom. The number of aromatic nitrogens is 2. The van der Waals surface area contributed by atoms with Crippen LogP contribution in [0.3, 0.4) is 0 Å². The van der Waals surface area contributed by atoms with Crippen molar-refractivity contribution >= 4 is 44.9 Å². The van der Waals surface area contributed by atoms with Crippen LogP contribution in [-0.2, 0) is 39.8 Å². The molecule has 0 unspecified atom stereocenters. The summed E-state index contributed by atoms with van der Waals surface area (Å²) >= 11 is 0. The number of alkyl halides is 4. The quantitative estimate of drug-likeness (QED) is 0.285. The number of allylic oxidation sites excluding steroid dienone is 1. The number of fused-ring (bicyclic) bond motifs is 5. The molecule has 3 N–H and O–H groups in total. The molecule has 5 aliphatic rings. The fourth-order valence-electron chi connectivity index (χ4n) is 7.63. The molecule has 4 fully saturated rings. The number of carbonyl (C=O) groups excluding carboxylic acids is 4. The van der Waals surface area contributed by atoms with Crippen LogP contribution in [0.15, 0.2) is 36.4 Å². The van der Waals surface area contributed by atoms with E-state index in [0.717, 1.165) is 11.0 Å². The zero-order valence-corrected chi connectivity index (χ0v) is 32.2. The maximum absolute atomic E-state index is 16.0. The summed E-state index contributed by atoms with van der Waals surface area (Å²) in [5, 5.41) is 4.06. The predicted octanol–water partition coefficient (Wildman–Crippen LogP) is 3.47. The molecular formula is C37H44F4N6O9S. The lowest BCUT2D eigenvalue weighted by Gasteiger charge is -2.35. The molecule has 1 aromatic carbocycles. The van der Waals surface area contributed by atoms with Crippen molar-refractivity contribution in [1.29, 1.82) is 0 Å². The van der Waals surface area contributed by atoms with Gasteiger partial charge >= 0.3 is 12.0 Å². The van der Waals surface area contributed by atoms with Gasteiger partial charge in [-0.3, -0.25) is 19.1 Å². The Hall–Kier alpha value is -4.59. The molecule has 15 nitrogen and oxygen atoms in total. The summed E-state index contributed by atoms with van der Waals surface area (Å²) in [7, 11) is -4.20. The molecule has 0 spiro atoms. The number of nitrogens with zero attached hydrogens (tertiary/aromatic N) is 3. The van der Waals surface area contributed by atoms with E-state index >= 15 is 8.78 Å². The van der Waals surface area contributed by atoms with Crippen LogP contribution in [0.2, 0.25) is 0 Å². The summed E-state index contributed by atoms with van der Waals surface area (Å²) < 4.78 is 105. The Morgan fingerprint density at radius 1 is 1.02 bits per heavy atom. The van der Waals surface area contributed by atoms with Crippen LogP contribution in [-0.4, -0.2) is 108 Å². The summed E-state index contributed by atoms with van der Waals surface area (Å²) in [6.07, 6.45) is -4.00. The molecule has 2 bridgehead atoms. The van der Waals surface area contributed by atoms with Gasteiger partial charge in [0.2, 0.25) is 34.1 Å². The largest absolute Gasteiger partial charge is 0.471 e. The molecule has 1 aromatic heterocycles. The van der Waals surface area contributed by atoms with Crippen molar-refractivity contribution in [1.82, 2.24) is 30.2 Å². The van der Waals surface area contributed by atoms with E-state index in [1.807, 2.05) is 4.72 Å². The second-order valence-electron chi connectivity index (χ2n) is 16.3. The Kier molecular flexibility index (Phi) is 10.7. The Labute approximate surface area is 325 Å². The third-order valence-electron chi connectivity index (χ3n) is 11.0. The first-order valence-electron chi connectivity index (χ1n) is 18.8. The number of hydrogen-bond acceptors (Lipinski definition) is 11. The third-order valence-corrected chi connectivity index (χ3v) is 12.8. The highest BCUT2D eigenvalue weighted by molar-refractivity contribution is 7.91. The first-order valence-corrected chi connectivity index (χ1v) is 20.4. The van der Waals surface area contributed by atoms with E-state index in [9.17, 15) is 36.4 Å². The van der Waals surface area contributed by atoms with Gasteiger partial charge in [0, 0.05) is 6.42 Å². The summed E-state index contributed by atoms with van der Waals surface area (Å²) in [4.78, 5) is 65.1. The maximum Gasteiger partial charge on any atom is 0.408 e. The van der Waals surface area contributed by atoms with Gasteiger partial charge in [-0.1, -0.05) is 39.0 Å². The monoisotopic (exact) mass is 824 g/mol. The van der Waals surface area contributed by atoms with E-state index in [-0.39, 0.29) is 30.5 Å². The third kappa shape index (κ3) is 8.38. The molecule has 2 aliphatic heterocycles. The number of nitrogens with one attached hydrogen (secondary N) is 3. The first-order chi connectivity index (χ1) is 26.8. The zero-order valence-electron chi connectivity index (χ0n) is 31.4. The standard InChI is InChI=1S/C37H44F4N6O9S/c1-35(2,3)28-32(49)47-18-19(16-24(47)30(48)45-36(17-21(36)29(38)39)33(50)46-57(52,53)20-12-13-20)55-31-27(42-22-8-4-5-9-23(22)43-31)37(40,41)14-7-15-54-25-10-6-11-26(25)56-34(51)44-28/h4-5,7-9,14,19-21,24-26,28-29H,6,10-13,15-18H2,1-3H3,(H,44,51)(H,45,48)(H,46,50)/b14-7-/t19-,21+,24+,25-,26-,28-,36-/m1/s1. The number of sulfonamides is 1. The number of para-hydroxylation sites is 2. The number of carbonyl (C=O) groups is 4. The summed E-state index contributed by atoms with van der Waals surface area (Å²) in [6, 6.07) is 3.27. The van der Waals surface area contributed by atoms with E-state index in [1.165, 1.54) is 12.1 Å². The summed E-state index contributed by atoms with van der Waals surface area (Å²) in [5.74, 6) is -9.40. The topological polar surface area (TPSA) is 195 Å². The van der Waals surface area contributed by atoms with Crippen LogP contribution in [0.4, 0.5) is 22.4 Å². The lowest BCUT2D eigenvalue weighted by atomic mass is 9.85. The zero-order chi connectivity index (χ0) is 41.1. The van der Waals surface area contributed by atoms with Gasteiger partial charge in [-0.05, 0) is 62.1 Å². The van der Waals surface area contributed by atoms with Gasteiger partial charge in [0.05, 0.1) is 41.5 Å². The second-order valence-corrected chi connectivity index (χ2v) is 18.3. The van der Waals surface area contributed by atoms with Crippen molar-refractivity contribution in [2.75, 3.05) is 13.2 Å². The van der Waals surface area contributed by atoms with Crippen molar-refractivity contribution in [2.24, 2.45) is 11.3 Å². The number of hydrogen-bond donors (Lipinski definition) is 3. The normalized spacial score (nSPS) is 31.2. The highest BCUT2D eigenvalue weighted by atomic mass is 32.2. The van der Waals surface area contributed by atoms with Crippen LogP contribution >= 0.6 is 0 Å². The molecule has 1 saturated heterocycles. The number of ether oxygens (including phenoxy) is 3. The lowest BCUT2D eigenvalue weighted by molar-refractivity contribution is -0.143. The minimum atomic E-state index is -4.20. The highest BCUT2D eigenvalue weighted by Crippen LogP contribution is 2.48. The van der Waals surface area contributed by atoms with Gasteiger partial charge in [-0.15, -0.1) is 0 Å². The molecule has 7 atom stereocenters. The molecule has 20 heteroatoms. The van der Waals surface area contributed by atoms with Crippen LogP contribution in [0, 0.1) is 11.3 Å². The summed E-state index contributed by atoms with van der Waals surface area (Å²) in [5.41, 5.74) is -3.89. The van der Waals surface area contributed by atoms with Crippen LogP contribution < -0.4 is 20.1 Å². The van der Waals surface area contributed by atoms with Gasteiger partial charge in [-0.2, -0.15) is 8.78 Å². The van der Waals surface area contributed by atoms with E-state index in [1.54, 1.807) is 32.9 Å². The van der Waals surface area contributed by atoms with Gasteiger partial charge in [0.25, 0.3) is 5.91 Å². The average Bonchev–Trinajstić information content (AvgIpc) is 4.04. The Bertz CT molecular complexity index is 2080. The predicted molar refractivity (Wildman–Crippen MR) is 192 cm³/mol. The van der Waals surface area contributed by atoms with Crippen molar-refractivity contribution in [2.45, 2.75) is 119 Å². The fraction of sp³-hybridized carbons (Fsp3) is 0.622. The van der Waals surface area contributed by atoms with E-state index < -0.39 is 130 Å². The molecule has 2 aromatic rings. The van der Waals surface area contributed by atoms with Gasteiger partial charge < -0.3 is 29.7 Å². The van der Waals surface area contributed by atoms with Crippen molar-refractivity contribution in [3.05, 3.63) is 42.1 Å². The molecular weight excluding hydrogens is 780 g/mol. The van der Waals surface area contributed by atoms with E-state index in [4.69, 9.17) is 14.2 Å². The van der Waals surface area contributed by atoms with Crippen LogP contribution in [0.1, 0.15) is 71.4 Å². The molecule has 57 heavy (non-hydrogen) atoms. The summed E-state index contributed by atoms with van der Waals surface area (Å²) in [6.45, 7) is 4.23. The number of alkyl carbamates (subject to hydrolysis) is 1. The van der Waals surface area contributed by atoms with Gasteiger partial charge in [-0.25, -0.2) is 32.0 Å². The van der Waals surface area contributed by atoms with Crippen molar-refractivity contribution in [3.63, 3.8) is 0 Å². The van der Waals surface area contributed by atoms with Crippen molar-refractivity contribution in [3.8, 4) is 5.88 Å². The maximum atomic E-state index is 16.0. The minimum Gasteiger partial charge on any atom is -0.471 e. The van der Waals surface area contributed by atoms with Crippen LogP contribution in [0.25, 0.3) is 11.0 Å². The Morgan fingerprint density at radius 3 is 2.35 bits per heavy atom. The van der Waals surface area contributed by atoms with Gasteiger partial charge in [0.15, 0.2) is 5.69 Å². The van der Waals surface area contributed by atoms with Gasteiger partial charge in [0.1, 0.15) is 29.8 Å². The molecule has 7 rings (SSSR count). The molecule has 3 heterocycles. The highest BCUT2D eigenvalue weighted by Gasteiger charge is 2.67. The first kappa shape index (κ1) is 40.6. The smallest absolute Gasteiger partial charge is 0.408 e. The Balaban J connectivity index is 1.26. The van der Waals surface area contributed by atoms with Crippen molar-refractivity contribution < 1.29 is 59.4 Å². The number of amides is 4. The lowest BCUT2D eigenvalue weighted by Crippen LogP contribution is -2.60. The van der Waals surface area contributed by atoms with E-state index in [0.29, 0.717) is 25.3 Å². The second kappa shape index (κ2) is 15.0. The average molecular weight is 825 g/mol. The van der Waals surface area contributed by atoms with Crippen LogP contribution in [0.5, 0.6) is 5.88 Å². The SMILES string of the molecule is CC(C)(C)[C@@H]1NC(=O)O[C@@H]2CCC[C@H]2OC/C=C\C(F)(F)c2nc3ccccc3nc2O[C@@H]2C[C@@H](C(=O)N[C@]3(C(=O)NS(=O)(=O)C4CC4)C[C@H]3C(F)F)N(C2)C1=O. The molecule has 310 valence electrons. The number of rotatable bonds is 6. The molecule has 4 amide bonds. The number of benzene rings is 1. The number of halogens is 4. The molecule has 3 saturated carbocycles. The molecule has 0 radical (unpaired) electrons. The molecule has 3 aliphatic carbocycles. The van der Waals surface area contributed by atoms with E-state index in [2.05, 4.69) is 20.6 Å². The minimum absolute atomic E-state index is 0.131. The fourth-order valence-corrected chi connectivity index (χ4v) is 8.99.